The molecule has 1 aromatic carbocycles. The van der Waals surface area contributed by atoms with E-state index in [2.05, 4.69) is 11.6 Å². The predicted octanol–water partition coefficient (Wildman–Crippen LogP) is 1.77. The largest absolute Gasteiger partial charge is 0.465 e. The van der Waals surface area contributed by atoms with Crippen molar-refractivity contribution in [2.24, 2.45) is 10.9 Å². The number of amides is 1. The first-order chi connectivity index (χ1) is 13.7. The predicted molar refractivity (Wildman–Crippen MR) is 111 cm³/mol. The molecule has 1 fully saturated rings. The summed E-state index contributed by atoms with van der Waals surface area (Å²) in [6.07, 6.45) is 4.09. The summed E-state index contributed by atoms with van der Waals surface area (Å²) >= 11 is 1.29. The summed E-state index contributed by atoms with van der Waals surface area (Å²) in [4.78, 5) is 29.4. The molecular weight excluding hydrogens is 414 g/mol. The number of aromatic nitrogens is 1. The molecule has 0 radical (unpaired) electrons. The molecule has 1 amide bonds. The number of hydrogen-bond acceptors (Lipinski definition) is 6. The van der Waals surface area contributed by atoms with Crippen molar-refractivity contribution in [1.82, 2.24) is 8.87 Å². The SMILES string of the molecule is C=CCn1c(=NC(=O)C2CCCN(S(C)(=O)=O)C2)sc2cc(C(=O)OC)ccc21. The Labute approximate surface area is 173 Å². The summed E-state index contributed by atoms with van der Waals surface area (Å²) in [6.45, 7) is 4.79. The van der Waals surface area contributed by atoms with Crippen LogP contribution in [0.5, 0.6) is 0 Å². The Morgan fingerprint density at radius 3 is 2.83 bits per heavy atom. The van der Waals surface area contributed by atoms with Crippen molar-refractivity contribution in [2.75, 3.05) is 26.5 Å². The van der Waals surface area contributed by atoms with Gasteiger partial charge < -0.3 is 9.30 Å². The highest BCUT2D eigenvalue weighted by molar-refractivity contribution is 7.88. The molecule has 1 aromatic heterocycles. The molecule has 2 heterocycles. The highest BCUT2D eigenvalue weighted by Crippen LogP contribution is 2.22. The van der Waals surface area contributed by atoms with Gasteiger partial charge in [0.1, 0.15) is 0 Å². The molecule has 1 atom stereocenters. The van der Waals surface area contributed by atoms with Gasteiger partial charge in [0, 0.05) is 19.6 Å². The average Bonchev–Trinajstić information content (AvgIpc) is 3.03. The Morgan fingerprint density at radius 1 is 1.41 bits per heavy atom. The van der Waals surface area contributed by atoms with Crippen molar-refractivity contribution in [1.29, 1.82) is 0 Å². The number of allylic oxidation sites excluding steroid dienone is 1. The van der Waals surface area contributed by atoms with E-state index in [0.717, 1.165) is 16.5 Å². The molecule has 10 heteroatoms. The van der Waals surface area contributed by atoms with E-state index >= 15 is 0 Å². The summed E-state index contributed by atoms with van der Waals surface area (Å²) in [7, 11) is -2.02. The molecule has 29 heavy (non-hydrogen) atoms. The Balaban J connectivity index is 1.99. The van der Waals surface area contributed by atoms with Gasteiger partial charge >= 0.3 is 5.97 Å². The van der Waals surface area contributed by atoms with Crippen molar-refractivity contribution in [3.05, 3.63) is 41.2 Å². The number of benzene rings is 1. The zero-order valence-electron chi connectivity index (χ0n) is 16.3. The van der Waals surface area contributed by atoms with E-state index in [0.29, 0.717) is 36.3 Å². The molecular formula is C19H23N3O5S2. The Kier molecular flexibility index (Phi) is 6.35. The van der Waals surface area contributed by atoms with Crippen LogP contribution in [0.3, 0.4) is 0 Å². The van der Waals surface area contributed by atoms with Gasteiger partial charge in [0.05, 0.1) is 35.1 Å². The molecule has 3 rings (SSSR count). The number of nitrogens with zero attached hydrogens (tertiary/aromatic N) is 3. The summed E-state index contributed by atoms with van der Waals surface area (Å²) in [5.41, 5.74) is 1.25. The van der Waals surface area contributed by atoms with Crippen molar-refractivity contribution in [3.8, 4) is 0 Å². The number of sulfonamides is 1. The number of hydrogen-bond donors (Lipinski definition) is 0. The van der Waals surface area contributed by atoms with Crippen LogP contribution in [0.1, 0.15) is 23.2 Å². The molecule has 1 aliphatic heterocycles. The Bertz CT molecular complexity index is 1130. The quantitative estimate of drug-likeness (QED) is 0.525. The third-order valence-corrected chi connectivity index (χ3v) is 7.13. The molecule has 2 aromatic rings. The first kappa shape index (κ1) is 21.4. The topological polar surface area (TPSA) is 98.0 Å². The first-order valence-corrected chi connectivity index (χ1v) is 11.8. The molecule has 0 spiro atoms. The van der Waals surface area contributed by atoms with E-state index in [-0.39, 0.29) is 12.5 Å². The number of ether oxygens (including phenoxy) is 1. The fraction of sp³-hybridized carbons (Fsp3) is 0.421. The lowest BCUT2D eigenvalue weighted by atomic mass is 9.99. The van der Waals surface area contributed by atoms with E-state index in [9.17, 15) is 18.0 Å². The van der Waals surface area contributed by atoms with Gasteiger partial charge in [0.15, 0.2) is 4.80 Å². The number of carbonyl (C=O) groups excluding carboxylic acids is 2. The van der Waals surface area contributed by atoms with Crippen LogP contribution in [0, 0.1) is 5.92 Å². The van der Waals surface area contributed by atoms with E-state index < -0.39 is 21.9 Å². The van der Waals surface area contributed by atoms with E-state index in [1.54, 1.807) is 24.3 Å². The Hall–Kier alpha value is -2.30. The van der Waals surface area contributed by atoms with Crippen LogP contribution in [-0.2, 0) is 26.1 Å². The molecule has 0 N–H and O–H groups in total. The maximum atomic E-state index is 12.8. The van der Waals surface area contributed by atoms with Gasteiger partial charge in [-0.1, -0.05) is 17.4 Å². The zero-order valence-corrected chi connectivity index (χ0v) is 18.0. The minimum atomic E-state index is -3.34. The van der Waals surface area contributed by atoms with Crippen LogP contribution >= 0.6 is 11.3 Å². The average molecular weight is 438 g/mol. The van der Waals surface area contributed by atoms with Gasteiger partial charge in [0.2, 0.25) is 10.0 Å². The van der Waals surface area contributed by atoms with Crippen LogP contribution in [0.15, 0.2) is 35.8 Å². The smallest absolute Gasteiger partial charge is 0.337 e. The zero-order chi connectivity index (χ0) is 21.2. The van der Waals surface area contributed by atoms with Crippen LogP contribution in [0.25, 0.3) is 10.2 Å². The highest BCUT2D eigenvalue weighted by atomic mass is 32.2. The molecule has 156 valence electrons. The van der Waals surface area contributed by atoms with Crippen LogP contribution < -0.4 is 4.80 Å². The first-order valence-electron chi connectivity index (χ1n) is 9.11. The van der Waals surface area contributed by atoms with Crippen LogP contribution in [0.2, 0.25) is 0 Å². The van der Waals surface area contributed by atoms with E-state index in [4.69, 9.17) is 4.74 Å². The number of fused-ring (bicyclic) bond motifs is 1. The standard InChI is InChI=1S/C19H23N3O5S2/c1-4-9-22-15-8-7-13(18(24)27-2)11-16(15)28-19(22)20-17(23)14-6-5-10-21(12-14)29(3,25)26/h4,7-8,11,14H,1,5-6,9-10,12H2,2-3H3. The number of carbonyl (C=O) groups is 2. The van der Waals surface area contributed by atoms with Crippen molar-refractivity contribution < 1.29 is 22.7 Å². The minimum Gasteiger partial charge on any atom is -0.465 e. The van der Waals surface area contributed by atoms with Gasteiger partial charge in [-0.2, -0.15) is 4.99 Å². The van der Waals surface area contributed by atoms with E-state index in [1.807, 2.05) is 4.57 Å². The number of esters is 1. The van der Waals surface area contributed by atoms with Gasteiger partial charge in [-0.05, 0) is 31.0 Å². The van der Waals surface area contributed by atoms with Crippen LogP contribution in [-0.4, -0.2) is 55.6 Å². The molecule has 0 saturated carbocycles. The van der Waals surface area contributed by atoms with Gasteiger partial charge in [-0.15, -0.1) is 6.58 Å². The normalized spacial score (nSPS) is 18.7. The monoisotopic (exact) mass is 437 g/mol. The van der Waals surface area contributed by atoms with Gasteiger partial charge in [0.25, 0.3) is 5.91 Å². The summed E-state index contributed by atoms with van der Waals surface area (Å²) in [6, 6.07) is 5.16. The lowest BCUT2D eigenvalue weighted by Crippen LogP contribution is -2.41. The molecule has 8 nitrogen and oxygen atoms in total. The molecule has 1 unspecified atom stereocenters. The Morgan fingerprint density at radius 2 is 2.17 bits per heavy atom. The van der Waals surface area contributed by atoms with Crippen LogP contribution in [0.4, 0.5) is 0 Å². The molecule has 1 saturated heterocycles. The molecule has 0 aliphatic carbocycles. The fourth-order valence-electron chi connectivity index (χ4n) is 3.34. The second-order valence-electron chi connectivity index (χ2n) is 6.87. The van der Waals surface area contributed by atoms with Gasteiger partial charge in [-0.3, -0.25) is 4.79 Å². The number of rotatable bonds is 5. The summed E-state index contributed by atoms with van der Waals surface area (Å²) in [5, 5.41) is 0. The number of methoxy groups -OCH3 is 1. The van der Waals surface area contributed by atoms with Crippen molar-refractivity contribution >= 4 is 43.5 Å². The summed E-state index contributed by atoms with van der Waals surface area (Å²) < 4.78 is 32.4. The molecule has 0 bridgehead atoms. The third-order valence-electron chi connectivity index (χ3n) is 4.82. The second kappa shape index (κ2) is 8.60. The highest BCUT2D eigenvalue weighted by Gasteiger charge is 2.30. The van der Waals surface area contributed by atoms with Crippen molar-refractivity contribution in [2.45, 2.75) is 19.4 Å². The summed E-state index contributed by atoms with van der Waals surface area (Å²) in [5.74, 6) is -1.24. The lowest BCUT2D eigenvalue weighted by Gasteiger charge is -2.28. The fourth-order valence-corrected chi connectivity index (χ4v) is 5.34. The lowest BCUT2D eigenvalue weighted by molar-refractivity contribution is -0.122. The number of piperidine rings is 1. The maximum absolute atomic E-state index is 12.8. The number of thiazole rings is 1. The third kappa shape index (κ3) is 4.65. The van der Waals surface area contributed by atoms with Crippen molar-refractivity contribution in [3.63, 3.8) is 0 Å². The molecule has 1 aliphatic rings. The minimum absolute atomic E-state index is 0.153. The second-order valence-corrected chi connectivity index (χ2v) is 9.86. The maximum Gasteiger partial charge on any atom is 0.337 e. The van der Waals surface area contributed by atoms with E-state index in [1.165, 1.54) is 22.8 Å². The van der Waals surface area contributed by atoms with Gasteiger partial charge in [-0.25, -0.2) is 17.5 Å².